The van der Waals surface area contributed by atoms with E-state index in [0.29, 0.717) is 6.54 Å². The summed E-state index contributed by atoms with van der Waals surface area (Å²) in [6.45, 7) is 3.57. The van der Waals surface area contributed by atoms with E-state index in [1.807, 2.05) is 0 Å². The quantitative estimate of drug-likeness (QED) is 0.632. The van der Waals surface area contributed by atoms with E-state index in [4.69, 9.17) is 5.11 Å². The highest BCUT2D eigenvalue weighted by molar-refractivity contribution is 4.58. The molecule has 0 radical (unpaired) electrons. The van der Waals surface area contributed by atoms with Crippen molar-refractivity contribution in [2.75, 3.05) is 40.3 Å². The van der Waals surface area contributed by atoms with E-state index < -0.39 is 0 Å². The molecular formula is C9H22N2O. The van der Waals surface area contributed by atoms with Gasteiger partial charge in [0.2, 0.25) is 0 Å². The highest BCUT2D eigenvalue weighted by Crippen LogP contribution is 2.04. The van der Waals surface area contributed by atoms with E-state index in [1.165, 1.54) is 32.4 Å². The molecule has 0 unspecified atom stereocenters. The van der Waals surface area contributed by atoms with Gasteiger partial charge >= 0.3 is 0 Å². The molecule has 74 valence electrons. The molecule has 2 N–H and O–H groups in total. The molecule has 0 aromatic carbocycles. The number of nitrogens with zero attached hydrogens (tertiary/aromatic N) is 1. The minimum Gasteiger partial charge on any atom is -0.395 e. The van der Waals surface area contributed by atoms with E-state index in [1.54, 1.807) is 7.05 Å². The molecule has 1 heterocycles. The molecule has 0 amide bonds. The van der Waals surface area contributed by atoms with Crippen molar-refractivity contribution in [3.63, 3.8) is 0 Å². The number of likely N-dealkylation sites (N-methyl/N-ethyl adjacent to an activating group) is 1. The largest absolute Gasteiger partial charge is 0.395 e. The normalized spacial score (nSPS) is 18.2. The molecule has 0 spiro atoms. The fraction of sp³-hybridized carbons (Fsp3) is 1.00. The summed E-state index contributed by atoms with van der Waals surface area (Å²) in [5, 5.41) is 10.8. The van der Waals surface area contributed by atoms with Gasteiger partial charge in [0.05, 0.1) is 6.61 Å². The number of hydrogen-bond donors (Lipinski definition) is 2. The van der Waals surface area contributed by atoms with E-state index in [9.17, 15) is 0 Å². The maximum atomic E-state index is 8.00. The minimum atomic E-state index is 0.233. The van der Waals surface area contributed by atoms with Crippen molar-refractivity contribution in [1.82, 2.24) is 10.2 Å². The summed E-state index contributed by atoms with van der Waals surface area (Å²) in [4.78, 5) is 2.39. The molecule has 1 aliphatic rings. The third kappa shape index (κ3) is 7.98. The van der Waals surface area contributed by atoms with Gasteiger partial charge < -0.3 is 15.3 Å². The Balaban J connectivity index is 0.000000217. The fourth-order valence-corrected chi connectivity index (χ4v) is 1.16. The lowest BCUT2D eigenvalue weighted by Crippen LogP contribution is -2.24. The van der Waals surface area contributed by atoms with Crippen LogP contribution in [0.5, 0.6) is 0 Å². The zero-order chi connectivity index (χ0) is 9.23. The minimum absolute atomic E-state index is 0.233. The smallest absolute Gasteiger partial charge is 0.0555 e. The van der Waals surface area contributed by atoms with Crippen LogP contribution in [0.25, 0.3) is 0 Å². The van der Waals surface area contributed by atoms with Gasteiger partial charge in [0.15, 0.2) is 0 Å². The summed E-state index contributed by atoms with van der Waals surface area (Å²) >= 11 is 0. The Kier molecular flexibility index (Phi) is 8.88. The SMILES string of the molecule is CN1CCCCC1.CNCCO. The average Bonchev–Trinajstić information content (AvgIpc) is 2.08. The Morgan fingerprint density at radius 1 is 1.25 bits per heavy atom. The first-order chi connectivity index (χ1) is 5.81. The van der Waals surface area contributed by atoms with Crippen LogP contribution in [0.3, 0.4) is 0 Å². The lowest BCUT2D eigenvalue weighted by Gasteiger charge is -2.20. The molecular weight excluding hydrogens is 152 g/mol. The van der Waals surface area contributed by atoms with Crippen LogP contribution in [-0.2, 0) is 0 Å². The Bertz CT molecular complexity index is 80.6. The van der Waals surface area contributed by atoms with Crippen LogP contribution >= 0.6 is 0 Å². The molecule has 0 aromatic heterocycles. The number of aliphatic hydroxyl groups is 1. The number of likely N-dealkylation sites (tertiary alicyclic amines) is 1. The van der Waals surface area contributed by atoms with E-state index in [2.05, 4.69) is 17.3 Å². The molecule has 3 heteroatoms. The molecule has 3 nitrogen and oxygen atoms in total. The topological polar surface area (TPSA) is 35.5 Å². The summed E-state index contributed by atoms with van der Waals surface area (Å²) in [6, 6.07) is 0. The van der Waals surface area contributed by atoms with Gasteiger partial charge in [-0.1, -0.05) is 6.42 Å². The number of aliphatic hydroxyl groups excluding tert-OH is 1. The number of hydrogen-bond acceptors (Lipinski definition) is 3. The monoisotopic (exact) mass is 174 g/mol. The van der Waals surface area contributed by atoms with Gasteiger partial charge in [-0.15, -0.1) is 0 Å². The number of nitrogens with one attached hydrogen (secondary N) is 1. The van der Waals surface area contributed by atoms with Gasteiger partial charge in [0.1, 0.15) is 0 Å². The molecule has 1 rings (SSSR count). The van der Waals surface area contributed by atoms with Gasteiger partial charge in [-0.2, -0.15) is 0 Å². The van der Waals surface area contributed by atoms with Crippen LogP contribution in [0.15, 0.2) is 0 Å². The van der Waals surface area contributed by atoms with Gasteiger partial charge in [-0.05, 0) is 40.0 Å². The Hall–Kier alpha value is -0.120. The van der Waals surface area contributed by atoms with Crippen molar-refractivity contribution in [3.05, 3.63) is 0 Å². The van der Waals surface area contributed by atoms with Gasteiger partial charge in [-0.3, -0.25) is 0 Å². The lowest BCUT2D eigenvalue weighted by molar-refractivity contribution is 0.277. The molecule has 12 heavy (non-hydrogen) atoms. The van der Waals surface area contributed by atoms with E-state index >= 15 is 0 Å². The second-order valence-electron chi connectivity index (χ2n) is 3.19. The van der Waals surface area contributed by atoms with Gasteiger partial charge in [0, 0.05) is 6.54 Å². The van der Waals surface area contributed by atoms with Crippen molar-refractivity contribution in [2.24, 2.45) is 0 Å². The van der Waals surface area contributed by atoms with Crippen LogP contribution in [0.1, 0.15) is 19.3 Å². The van der Waals surface area contributed by atoms with E-state index in [-0.39, 0.29) is 6.61 Å². The van der Waals surface area contributed by atoms with Crippen LogP contribution in [0.2, 0.25) is 0 Å². The molecule has 1 aliphatic heterocycles. The van der Waals surface area contributed by atoms with Crippen molar-refractivity contribution < 1.29 is 5.11 Å². The van der Waals surface area contributed by atoms with Crippen LogP contribution in [0.4, 0.5) is 0 Å². The fourth-order valence-electron chi connectivity index (χ4n) is 1.16. The molecule has 0 aromatic rings. The summed E-state index contributed by atoms with van der Waals surface area (Å²) in [5.74, 6) is 0. The predicted octanol–water partition coefficient (Wildman–Crippen LogP) is 0.300. The lowest BCUT2D eigenvalue weighted by atomic mass is 10.1. The predicted molar refractivity (Wildman–Crippen MR) is 52.4 cm³/mol. The van der Waals surface area contributed by atoms with Gasteiger partial charge in [-0.25, -0.2) is 0 Å². The van der Waals surface area contributed by atoms with Crippen molar-refractivity contribution in [3.8, 4) is 0 Å². The first kappa shape index (κ1) is 11.9. The summed E-state index contributed by atoms with van der Waals surface area (Å²) in [6.07, 6.45) is 4.28. The molecule has 1 fully saturated rings. The maximum absolute atomic E-state index is 8.00. The highest BCUT2D eigenvalue weighted by atomic mass is 16.3. The zero-order valence-electron chi connectivity index (χ0n) is 8.34. The van der Waals surface area contributed by atoms with Crippen LogP contribution < -0.4 is 5.32 Å². The molecule has 0 atom stereocenters. The van der Waals surface area contributed by atoms with Crippen LogP contribution in [-0.4, -0.2) is 50.3 Å². The second-order valence-corrected chi connectivity index (χ2v) is 3.19. The average molecular weight is 174 g/mol. The van der Waals surface area contributed by atoms with Crippen molar-refractivity contribution >= 4 is 0 Å². The third-order valence-electron chi connectivity index (χ3n) is 1.94. The number of rotatable bonds is 2. The third-order valence-corrected chi connectivity index (χ3v) is 1.94. The summed E-state index contributed by atoms with van der Waals surface area (Å²) in [5.41, 5.74) is 0. The Labute approximate surface area is 75.8 Å². The maximum Gasteiger partial charge on any atom is 0.0555 e. The van der Waals surface area contributed by atoms with Crippen molar-refractivity contribution in [1.29, 1.82) is 0 Å². The first-order valence-corrected chi connectivity index (χ1v) is 4.75. The Morgan fingerprint density at radius 2 is 1.83 bits per heavy atom. The highest BCUT2D eigenvalue weighted by Gasteiger charge is 2.02. The van der Waals surface area contributed by atoms with Gasteiger partial charge in [0.25, 0.3) is 0 Å². The summed E-state index contributed by atoms with van der Waals surface area (Å²) in [7, 11) is 4.00. The van der Waals surface area contributed by atoms with Crippen LogP contribution in [0, 0.1) is 0 Å². The standard InChI is InChI=1S/C6H13N.C3H9NO/c1-7-5-3-2-4-6-7;1-4-2-3-5/h2-6H2,1H3;4-5H,2-3H2,1H3. The van der Waals surface area contributed by atoms with E-state index in [0.717, 1.165) is 0 Å². The molecule has 0 saturated carbocycles. The summed E-state index contributed by atoms with van der Waals surface area (Å²) < 4.78 is 0. The first-order valence-electron chi connectivity index (χ1n) is 4.75. The van der Waals surface area contributed by atoms with Crippen molar-refractivity contribution in [2.45, 2.75) is 19.3 Å². The second kappa shape index (κ2) is 8.97. The molecule has 1 saturated heterocycles. The zero-order valence-corrected chi connectivity index (χ0v) is 8.34. The Morgan fingerprint density at radius 3 is 2.00 bits per heavy atom. The number of piperidine rings is 1. The molecule has 0 bridgehead atoms. The molecule has 0 aliphatic carbocycles.